The highest BCUT2D eigenvalue weighted by Crippen LogP contribution is 2.42. The molecule has 1 aromatic carbocycles. The molecule has 2 amide bonds. The number of amides is 2. The zero-order valence-electron chi connectivity index (χ0n) is 31.2. The van der Waals surface area contributed by atoms with Gasteiger partial charge in [0, 0.05) is 78.5 Å². The van der Waals surface area contributed by atoms with Gasteiger partial charge in [0.25, 0.3) is 5.91 Å². The largest absolute Gasteiger partial charge is 0.476 e. The van der Waals surface area contributed by atoms with E-state index in [1.807, 2.05) is 39.0 Å². The Bertz CT molecular complexity index is 1340. The second-order valence-corrected chi connectivity index (χ2v) is 16.0. The average Bonchev–Trinajstić information content (AvgIpc) is 3.86. The van der Waals surface area contributed by atoms with E-state index in [2.05, 4.69) is 18.7 Å². The Balaban J connectivity index is 0.00000676. The Labute approximate surface area is 294 Å². The number of ketones is 2. The summed E-state index contributed by atoms with van der Waals surface area (Å²) in [6.07, 6.45) is 3.68. The first-order valence-corrected chi connectivity index (χ1v) is 18.0. The molecule has 0 bridgehead atoms. The number of methoxy groups -OCH3 is 2. The van der Waals surface area contributed by atoms with Crippen molar-refractivity contribution < 1.29 is 39.6 Å². The minimum atomic E-state index is -0.999. The summed E-state index contributed by atoms with van der Waals surface area (Å²) in [4.78, 5) is 60.2. The van der Waals surface area contributed by atoms with E-state index in [1.54, 1.807) is 37.9 Å². The van der Waals surface area contributed by atoms with Crippen LogP contribution in [-0.4, -0.2) is 99.3 Å². The van der Waals surface area contributed by atoms with Crippen LogP contribution in [0.15, 0.2) is 18.2 Å². The van der Waals surface area contributed by atoms with Crippen LogP contribution in [-0.2, 0) is 28.6 Å². The van der Waals surface area contributed by atoms with Crippen molar-refractivity contribution in [2.45, 2.75) is 104 Å². The lowest BCUT2D eigenvalue weighted by Gasteiger charge is -2.40. The molecule has 2 heterocycles. The quantitative estimate of drug-likeness (QED) is 0.189. The SMILES string of the molecule is COCCCN1C(=O)C(C)(C)Oc2ccc(N(CC(=O)[C@@H]3C[C@H](C(=O)C[C@@H](COC)CC(C)C)CN(C(=O)OC(C)(C)C)C3)C3CC3)cc21.[HH]. The molecule has 2 aliphatic heterocycles. The first-order valence-electron chi connectivity index (χ1n) is 18.0. The van der Waals surface area contributed by atoms with Gasteiger partial charge in [-0.05, 0) is 96.8 Å². The van der Waals surface area contributed by atoms with E-state index in [0.717, 1.165) is 24.9 Å². The highest BCUT2D eigenvalue weighted by molar-refractivity contribution is 6.03. The molecule has 1 saturated carbocycles. The van der Waals surface area contributed by atoms with Gasteiger partial charge in [0.1, 0.15) is 17.1 Å². The number of hydrogen-bond donors (Lipinski definition) is 0. The van der Waals surface area contributed by atoms with Gasteiger partial charge in [-0.3, -0.25) is 14.4 Å². The predicted octanol–water partition coefficient (Wildman–Crippen LogP) is 6.15. The number of piperidine rings is 1. The van der Waals surface area contributed by atoms with Crippen molar-refractivity contribution in [1.82, 2.24) is 4.90 Å². The lowest BCUT2D eigenvalue weighted by Crippen LogP contribution is -2.53. The average molecular weight is 688 g/mol. The van der Waals surface area contributed by atoms with Crippen LogP contribution >= 0.6 is 0 Å². The summed E-state index contributed by atoms with van der Waals surface area (Å²) in [6, 6.07) is 5.98. The number of likely N-dealkylation sites (tertiary alicyclic amines) is 1. The zero-order valence-corrected chi connectivity index (χ0v) is 31.2. The molecule has 0 spiro atoms. The van der Waals surface area contributed by atoms with Gasteiger partial charge in [-0.25, -0.2) is 4.79 Å². The molecule has 3 atom stereocenters. The van der Waals surface area contributed by atoms with Crippen LogP contribution < -0.4 is 14.5 Å². The molecule has 0 aromatic heterocycles. The second-order valence-electron chi connectivity index (χ2n) is 16.0. The standard InChI is InChI=1S/C38H59N3O8.H2/c1-25(2)17-26(24-47-9)18-32(42)27-19-28(22-39(21-27)36(45)49-37(3,4)5)33(43)23-41(29-11-12-29)30-13-14-34-31(20-30)40(15-10-16-46-8)35(44)38(6,7)48-34;/h13-14,20,25-29H,10-12,15-19,21-24H2,1-9H3;1H/t26-,27-,28+;/m0./s1. The van der Waals surface area contributed by atoms with Gasteiger partial charge in [0.15, 0.2) is 11.4 Å². The molecule has 1 saturated heterocycles. The van der Waals surface area contributed by atoms with Crippen molar-refractivity contribution in [1.29, 1.82) is 0 Å². The molecule has 49 heavy (non-hydrogen) atoms. The lowest BCUT2D eigenvalue weighted by molar-refractivity contribution is -0.133. The number of anilines is 2. The molecule has 0 N–H and O–H groups in total. The molecular formula is C38H61N3O8. The molecule has 11 nitrogen and oxygen atoms in total. The van der Waals surface area contributed by atoms with Crippen LogP contribution in [0, 0.1) is 23.7 Å². The summed E-state index contributed by atoms with van der Waals surface area (Å²) in [5.74, 6) is 0.0527. The highest BCUT2D eigenvalue weighted by Gasteiger charge is 2.43. The minimum absolute atomic E-state index is 0. The third-order valence-corrected chi connectivity index (χ3v) is 9.44. The van der Waals surface area contributed by atoms with Crippen molar-refractivity contribution in [2.75, 3.05) is 63.4 Å². The molecule has 1 aromatic rings. The fourth-order valence-corrected chi connectivity index (χ4v) is 7.04. The van der Waals surface area contributed by atoms with Gasteiger partial charge in [0.05, 0.1) is 12.2 Å². The van der Waals surface area contributed by atoms with Crippen molar-refractivity contribution >= 4 is 34.9 Å². The van der Waals surface area contributed by atoms with E-state index >= 15 is 0 Å². The monoisotopic (exact) mass is 687 g/mol. The Morgan fingerprint density at radius 2 is 1.73 bits per heavy atom. The topological polar surface area (TPSA) is 115 Å². The summed E-state index contributed by atoms with van der Waals surface area (Å²) >= 11 is 0. The molecular weight excluding hydrogens is 626 g/mol. The Kier molecular flexibility index (Phi) is 12.8. The maximum Gasteiger partial charge on any atom is 0.410 e. The van der Waals surface area contributed by atoms with E-state index in [0.29, 0.717) is 56.4 Å². The Morgan fingerprint density at radius 1 is 1.06 bits per heavy atom. The van der Waals surface area contributed by atoms with Crippen LogP contribution in [0.25, 0.3) is 0 Å². The number of carbonyl (C=O) groups excluding carboxylic acids is 4. The summed E-state index contributed by atoms with van der Waals surface area (Å²) in [7, 11) is 3.29. The summed E-state index contributed by atoms with van der Waals surface area (Å²) in [6.45, 7) is 15.3. The molecule has 3 aliphatic rings. The molecule has 276 valence electrons. The fraction of sp³-hybridized carbons (Fsp3) is 0.737. The molecule has 4 rings (SSSR count). The number of ether oxygens (including phenoxy) is 4. The van der Waals surface area contributed by atoms with Gasteiger partial charge >= 0.3 is 6.09 Å². The molecule has 11 heteroatoms. The smallest absolute Gasteiger partial charge is 0.410 e. The van der Waals surface area contributed by atoms with Crippen LogP contribution in [0.5, 0.6) is 5.75 Å². The number of rotatable bonds is 16. The van der Waals surface area contributed by atoms with Crippen LogP contribution in [0.4, 0.5) is 16.2 Å². The normalized spacial score (nSPS) is 21.2. The van der Waals surface area contributed by atoms with Crippen molar-refractivity contribution in [3.8, 4) is 5.75 Å². The second kappa shape index (κ2) is 16.2. The van der Waals surface area contributed by atoms with E-state index in [-0.39, 0.29) is 50.5 Å². The first-order chi connectivity index (χ1) is 23.0. The third kappa shape index (κ3) is 10.4. The molecule has 0 radical (unpaired) electrons. The van der Waals surface area contributed by atoms with Gasteiger partial charge in [-0.1, -0.05) is 13.8 Å². The highest BCUT2D eigenvalue weighted by atomic mass is 16.6. The lowest BCUT2D eigenvalue weighted by atomic mass is 9.81. The number of carbonyl (C=O) groups is 4. The summed E-state index contributed by atoms with van der Waals surface area (Å²) < 4.78 is 22.5. The van der Waals surface area contributed by atoms with E-state index in [4.69, 9.17) is 18.9 Å². The fourth-order valence-electron chi connectivity index (χ4n) is 7.04. The Hall–Kier alpha value is -3.18. The molecule has 0 unspecified atom stereocenters. The first kappa shape index (κ1) is 38.6. The number of Topliss-reactive ketones (excluding diaryl/α,β-unsaturated/α-hetero) is 2. The molecule has 2 fully saturated rings. The minimum Gasteiger partial charge on any atom is -0.476 e. The van der Waals surface area contributed by atoms with E-state index in [1.165, 1.54) is 0 Å². The van der Waals surface area contributed by atoms with Crippen LogP contribution in [0.3, 0.4) is 0 Å². The van der Waals surface area contributed by atoms with Crippen molar-refractivity contribution in [3.63, 3.8) is 0 Å². The zero-order chi connectivity index (χ0) is 36.1. The molecule has 1 aliphatic carbocycles. The maximum atomic E-state index is 14.2. The van der Waals surface area contributed by atoms with Crippen molar-refractivity contribution in [2.24, 2.45) is 23.7 Å². The van der Waals surface area contributed by atoms with Gasteiger partial charge in [-0.2, -0.15) is 0 Å². The number of benzene rings is 1. The van der Waals surface area contributed by atoms with E-state index in [9.17, 15) is 19.2 Å². The number of fused-ring (bicyclic) bond motifs is 1. The van der Waals surface area contributed by atoms with Crippen LogP contribution in [0.1, 0.15) is 88.4 Å². The van der Waals surface area contributed by atoms with Crippen molar-refractivity contribution in [3.05, 3.63) is 18.2 Å². The maximum absolute atomic E-state index is 14.2. The predicted molar refractivity (Wildman–Crippen MR) is 191 cm³/mol. The summed E-state index contributed by atoms with van der Waals surface area (Å²) in [5.41, 5.74) is -0.184. The van der Waals surface area contributed by atoms with Gasteiger partial charge < -0.3 is 33.6 Å². The number of hydrogen-bond acceptors (Lipinski definition) is 9. The summed E-state index contributed by atoms with van der Waals surface area (Å²) in [5, 5.41) is 0. The van der Waals surface area contributed by atoms with Crippen LogP contribution in [0.2, 0.25) is 0 Å². The Morgan fingerprint density at radius 3 is 2.33 bits per heavy atom. The van der Waals surface area contributed by atoms with Gasteiger partial charge in [-0.15, -0.1) is 0 Å². The number of nitrogens with zero attached hydrogens (tertiary/aromatic N) is 3. The van der Waals surface area contributed by atoms with Gasteiger partial charge in [0.2, 0.25) is 0 Å². The van der Waals surface area contributed by atoms with E-state index < -0.39 is 29.1 Å². The third-order valence-electron chi connectivity index (χ3n) is 9.44.